The Morgan fingerprint density at radius 1 is 0.962 bits per heavy atom. The second-order valence-corrected chi connectivity index (χ2v) is 5.63. The first kappa shape index (κ1) is 17.7. The number of anilines is 2. The Morgan fingerprint density at radius 3 is 2.42 bits per heavy atom. The normalized spacial score (nSPS) is 14.1. The summed E-state index contributed by atoms with van der Waals surface area (Å²) in [6.45, 7) is -0.00489. The van der Waals surface area contributed by atoms with Gasteiger partial charge in [-0.3, -0.25) is 9.69 Å². The van der Waals surface area contributed by atoms with E-state index < -0.39 is 35.2 Å². The van der Waals surface area contributed by atoms with E-state index in [1.807, 2.05) is 0 Å². The molecule has 0 aliphatic carbocycles. The standard InChI is InChI=1S/C17H13F4N3O2/c18-10-1-4-15(14(21)7-10)22-16(25)9-23-5-6-24(17(23)26)11-2-3-12(19)13(20)8-11/h1-4,7-8H,5-6,9H2,(H,22,25). The number of amides is 3. The van der Waals surface area contributed by atoms with Gasteiger partial charge in [0, 0.05) is 30.9 Å². The third-order valence-electron chi connectivity index (χ3n) is 3.85. The molecule has 1 saturated heterocycles. The molecule has 0 atom stereocenters. The lowest BCUT2D eigenvalue weighted by molar-refractivity contribution is -0.116. The Balaban J connectivity index is 1.64. The van der Waals surface area contributed by atoms with Crippen molar-refractivity contribution < 1.29 is 27.2 Å². The van der Waals surface area contributed by atoms with Crippen LogP contribution in [0.25, 0.3) is 0 Å². The molecule has 5 nitrogen and oxygen atoms in total. The summed E-state index contributed by atoms with van der Waals surface area (Å²) in [5.41, 5.74) is -0.0399. The van der Waals surface area contributed by atoms with E-state index in [0.717, 1.165) is 24.3 Å². The van der Waals surface area contributed by atoms with E-state index in [1.165, 1.54) is 15.9 Å². The van der Waals surface area contributed by atoms with Crippen LogP contribution in [-0.2, 0) is 4.79 Å². The Bertz CT molecular complexity index is 875. The second kappa shape index (κ2) is 7.03. The van der Waals surface area contributed by atoms with E-state index in [2.05, 4.69) is 5.32 Å². The van der Waals surface area contributed by atoms with Gasteiger partial charge in [-0.25, -0.2) is 22.4 Å². The molecule has 0 unspecified atom stereocenters. The maximum Gasteiger partial charge on any atom is 0.325 e. The van der Waals surface area contributed by atoms with Gasteiger partial charge in [-0.2, -0.15) is 0 Å². The Kier molecular flexibility index (Phi) is 4.79. The number of nitrogens with zero attached hydrogens (tertiary/aromatic N) is 2. The Hall–Kier alpha value is -3.10. The van der Waals surface area contributed by atoms with Crippen LogP contribution in [0.15, 0.2) is 36.4 Å². The quantitative estimate of drug-likeness (QED) is 0.845. The van der Waals surface area contributed by atoms with E-state index in [0.29, 0.717) is 6.07 Å². The molecule has 0 aromatic heterocycles. The lowest BCUT2D eigenvalue weighted by Gasteiger charge is -2.18. The van der Waals surface area contributed by atoms with Crippen molar-refractivity contribution in [1.82, 2.24) is 4.90 Å². The monoisotopic (exact) mass is 367 g/mol. The van der Waals surface area contributed by atoms with Gasteiger partial charge >= 0.3 is 6.03 Å². The van der Waals surface area contributed by atoms with E-state index in [4.69, 9.17) is 0 Å². The first-order chi connectivity index (χ1) is 12.3. The maximum absolute atomic E-state index is 13.5. The van der Waals surface area contributed by atoms with Crippen LogP contribution >= 0.6 is 0 Å². The predicted molar refractivity (Wildman–Crippen MR) is 85.7 cm³/mol. The summed E-state index contributed by atoms with van der Waals surface area (Å²) in [5, 5.41) is 2.25. The topological polar surface area (TPSA) is 52.7 Å². The molecule has 1 N–H and O–H groups in total. The van der Waals surface area contributed by atoms with Gasteiger partial charge < -0.3 is 10.2 Å². The highest BCUT2D eigenvalue weighted by Crippen LogP contribution is 2.22. The fraction of sp³-hybridized carbons (Fsp3) is 0.176. The highest BCUT2D eigenvalue weighted by Gasteiger charge is 2.31. The van der Waals surface area contributed by atoms with Gasteiger partial charge in [-0.05, 0) is 24.3 Å². The number of nitrogens with one attached hydrogen (secondary N) is 1. The van der Waals surface area contributed by atoms with Gasteiger partial charge in [0.15, 0.2) is 11.6 Å². The van der Waals surface area contributed by atoms with Gasteiger partial charge in [-0.15, -0.1) is 0 Å². The number of rotatable bonds is 4. The van der Waals surface area contributed by atoms with Crippen molar-refractivity contribution in [3.63, 3.8) is 0 Å². The van der Waals surface area contributed by atoms with Crippen molar-refractivity contribution >= 4 is 23.3 Å². The van der Waals surface area contributed by atoms with Crippen LogP contribution < -0.4 is 10.2 Å². The van der Waals surface area contributed by atoms with Gasteiger partial charge in [-0.1, -0.05) is 0 Å². The molecule has 2 aromatic carbocycles. The molecule has 9 heteroatoms. The predicted octanol–water partition coefficient (Wildman–Crippen LogP) is 3.12. The van der Waals surface area contributed by atoms with E-state index in [-0.39, 0.29) is 31.0 Å². The molecule has 0 saturated carbocycles. The number of carbonyl (C=O) groups excluding carboxylic acids is 2. The molecule has 0 bridgehead atoms. The zero-order chi connectivity index (χ0) is 18.8. The van der Waals surface area contributed by atoms with Crippen molar-refractivity contribution in [2.24, 2.45) is 0 Å². The Morgan fingerprint density at radius 2 is 1.73 bits per heavy atom. The van der Waals surface area contributed by atoms with Crippen molar-refractivity contribution in [1.29, 1.82) is 0 Å². The fourth-order valence-electron chi connectivity index (χ4n) is 2.58. The number of carbonyl (C=O) groups is 2. The average Bonchev–Trinajstić information content (AvgIpc) is 2.93. The van der Waals surface area contributed by atoms with Crippen LogP contribution in [0.3, 0.4) is 0 Å². The molecule has 1 heterocycles. The van der Waals surface area contributed by atoms with Gasteiger partial charge in [0.2, 0.25) is 5.91 Å². The molecule has 1 aliphatic heterocycles. The van der Waals surface area contributed by atoms with Crippen molar-refractivity contribution in [2.45, 2.75) is 0 Å². The molecule has 0 radical (unpaired) electrons. The van der Waals surface area contributed by atoms with Crippen molar-refractivity contribution in [2.75, 3.05) is 29.9 Å². The minimum atomic E-state index is -1.08. The zero-order valence-electron chi connectivity index (χ0n) is 13.3. The molecular formula is C17H13F4N3O2. The average molecular weight is 367 g/mol. The Labute approximate surface area is 145 Å². The van der Waals surface area contributed by atoms with Gasteiger partial charge in [0.25, 0.3) is 0 Å². The van der Waals surface area contributed by atoms with Gasteiger partial charge in [0.1, 0.15) is 18.2 Å². The number of hydrogen-bond acceptors (Lipinski definition) is 2. The largest absolute Gasteiger partial charge is 0.325 e. The summed E-state index contributed by atoms with van der Waals surface area (Å²) in [4.78, 5) is 26.7. The summed E-state index contributed by atoms with van der Waals surface area (Å²) >= 11 is 0. The van der Waals surface area contributed by atoms with Crippen LogP contribution in [0.4, 0.5) is 33.7 Å². The molecule has 1 fully saturated rings. The molecule has 26 heavy (non-hydrogen) atoms. The molecule has 2 aromatic rings. The van der Waals surface area contributed by atoms with E-state index in [1.54, 1.807) is 0 Å². The van der Waals surface area contributed by atoms with Crippen LogP contribution in [0.2, 0.25) is 0 Å². The number of hydrogen-bond donors (Lipinski definition) is 1. The SMILES string of the molecule is O=C(CN1CCN(c2ccc(F)c(F)c2)C1=O)Nc1ccc(F)cc1F. The van der Waals surface area contributed by atoms with Gasteiger partial charge in [0.05, 0.1) is 5.69 Å². The molecule has 136 valence electrons. The number of benzene rings is 2. The highest BCUT2D eigenvalue weighted by atomic mass is 19.2. The minimum Gasteiger partial charge on any atom is -0.322 e. The molecule has 1 aliphatic rings. The third kappa shape index (κ3) is 3.61. The van der Waals surface area contributed by atoms with E-state index >= 15 is 0 Å². The first-order valence-corrected chi connectivity index (χ1v) is 7.61. The molecule has 3 amide bonds. The lowest BCUT2D eigenvalue weighted by atomic mass is 10.3. The smallest absolute Gasteiger partial charge is 0.322 e. The maximum atomic E-state index is 13.5. The van der Waals surface area contributed by atoms with E-state index in [9.17, 15) is 27.2 Å². The number of urea groups is 1. The summed E-state index contributed by atoms with van der Waals surface area (Å²) in [6.07, 6.45) is 0. The molecule has 0 spiro atoms. The zero-order valence-corrected chi connectivity index (χ0v) is 13.3. The third-order valence-corrected chi connectivity index (χ3v) is 3.85. The van der Waals surface area contributed by atoms with Crippen LogP contribution in [0.5, 0.6) is 0 Å². The summed E-state index contributed by atoms with van der Waals surface area (Å²) in [7, 11) is 0. The highest BCUT2D eigenvalue weighted by molar-refractivity contribution is 5.99. The van der Waals surface area contributed by atoms with Crippen LogP contribution in [0.1, 0.15) is 0 Å². The van der Waals surface area contributed by atoms with Crippen molar-refractivity contribution in [3.8, 4) is 0 Å². The number of halogens is 4. The molecular weight excluding hydrogens is 354 g/mol. The summed E-state index contributed by atoms with van der Waals surface area (Å²) < 4.78 is 52.7. The fourth-order valence-corrected chi connectivity index (χ4v) is 2.58. The second-order valence-electron chi connectivity index (χ2n) is 5.63. The summed E-state index contributed by atoms with van der Waals surface area (Å²) in [5.74, 6) is -4.50. The molecule has 3 rings (SSSR count). The minimum absolute atomic E-state index is 0.168. The van der Waals surface area contributed by atoms with Crippen LogP contribution in [-0.4, -0.2) is 36.5 Å². The van der Waals surface area contributed by atoms with Crippen LogP contribution in [0, 0.1) is 23.3 Å². The van der Waals surface area contributed by atoms with Crippen molar-refractivity contribution in [3.05, 3.63) is 59.7 Å². The summed E-state index contributed by atoms with van der Waals surface area (Å²) in [6, 6.07) is 5.18. The first-order valence-electron chi connectivity index (χ1n) is 7.61. The lowest BCUT2D eigenvalue weighted by Crippen LogP contribution is -2.37.